The third-order valence-corrected chi connectivity index (χ3v) is 2.97. The van der Waals surface area contributed by atoms with Crippen LogP contribution in [-0.4, -0.2) is 36.2 Å². The van der Waals surface area contributed by atoms with Gasteiger partial charge in [-0.15, -0.1) is 0 Å². The first-order valence-electron chi connectivity index (χ1n) is 6.63. The monoisotopic (exact) mass is 279 g/mol. The topological polar surface area (TPSA) is 81.7 Å². The molecule has 0 aliphatic heterocycles. The van der Waals surface area contributed by atoms with E-state index in [-0.39, 0.29) is 0 Å². The van der Waals surface area contributed by atoms with E-state index in [0.29, 0.717) is 5.69 Å². The quantitative estimate of drug-likeness (QED) is 0.745. The Hall–Kier alpha value is -2.24. The van der Waals surface area contributed by atoms with Gasteiger partial charge >= 0.3 is 12.0 Å². The molecular weight excluding hydrogens is 258 g/mol. The van der Waals surface area contributed by atoms with Gasteiger partial charge in [-0.05, 0) is 45.0 Å². The molecule has 0 aliphatic rings. The molecule has 0 aromatic heterocycles. The van der Waals surface area contributed by atoms with Gasteiger partial charge in [0.25, 0.3) is 0 Å². The number of hydrogen-bond donors (Lipinski definition) is 3. The maximum Gasteiger partial charge on any atom is 0.325 e. The number of nitrogens with one attached hydrogen (secondary N) is 2. The number of carboxylic acids is 1. The van der Waals surface area contributed by atoms with Gasteiger partial charge < -0.3 is 20.6 Å². The van der Waals surface area contributed by atoms with E-state index in [0.717, 1.165) is 18.8 Å². The molecule has 1 aromatic carbocycles. The molecule has 1 atom stereocenters. The summed E-state index contributed by atoms with van der Waals surface area (Å²) >= 11 is 0. The van der Waals surface area contributed by atoms with Gasteiger partial charge in [0.05, 0.1) is 0 Å². The Morgan fingerprint density at radius 1 is 1.20 bits per heavy atom. The Kier molecular flexibility index (Phi) is 5.83. The Labute approximate surface area is 118 Å². The van der Waals surface area contributed by atoms with Crippen molar-refractivity contribution in [2.24, 2.45) is 0 Å². The van der Waals surface area contributed by atoms with Crippen LogP contribution in [0.3, 0.4) is 0 Å². The van der Waals surface area contributed by atoms with Crippen molar-refractivity contribution in [3.63, 3.8) is 0 Å². The normalized spacial score (nSPS) is 11.6. The minimum Gasteiger partial charge on any atom is -0.480 e. The van der Waals surface area contributed by atoms with Crippen LogP contribution in [0.15, 0.2) is 24.3 Å². The van der Waals surface area contributed by atoms with Crippen LogP contribution in [0.5, 0.6) is 0 Å². The fraction of sp³-hybridized carbons (Fsp3) is 0.429. The van der Waals surface area contributed by atoms with E-state index in [4.69, 9.17) is 5.11 Å². The highest BCUT2D eigenvalue weighted by molar-refractivity contribution is 5.92. The molecule has 0 heterocycles. The molecule has 6 heteroatoms. The number of urea groups is 1. The second-order valence-corrected chi connectivity index (χ2v) is 4.38. The van der Waals surface area contributed by atoms with Gasteiger partial charge in [0.1, 0.15) is 6.04 Å². The predicted molar refractivity (Wildman–Crippen MR) is 79.3 cm³/mol. The average Bonchev–Trinajstić information content (AvgIpc) is 2.41. The number of carbonyl (C=O) groups excluding carboxylic acids is 1. The molecule has 0 bridgehead atoms. The lowest BCUT2D eigenvalue weighted by atomic mass is 10.2. The van der Waals surface area contributed by atoms with Crippen LogP contribution in [0.25, 0.3) is 0 Å². The van der Waals surface area contributed by atoms with Gasteiger partial charge in [0.2, 0.25) is 0 Å². The maximum absolute atomic E-state index is 11.6. The van der Waals surface area contributed by atoms with Gasteiger partial charge in [0.15, 0.2) is 0 Å². The Bertz CT molecular complexity index is 455. The number of carboxylic acid groups (broad SMARTS) is 1. The number of carbonyl (C=O) groups is 2. The smallest absolute Gasteiger partial charge is 0.325 e. The van der Waals surface area contributed by atoms with Crippen LogP contribution in [0, 0.1) is 0 Å². The highest BCUT2D eigenvalue weighted by Crippen LogP contribution is 2.17. The molecule has 0 unspecified atom stereocenters. The summed E-state index contributed by atoms with van der Waals surface area (Å²) in [7, 11) is 0. The lowest BCUT2D eigenvalue weighted by Gasteiger charge is -2.21. The molecule has 0 aliphatic carbocycles. The summed E-state index contributed by atoms with van der Waals surface area (Å²) in [6.07, 6.45) is 0. The van der Waals surface area contributed by atoms with Crippen LogP contribution in [0.1, 0.15) is 20.8 Å². The SMILES string of the molecule is CCN(CC)c1ccc(NC(=O)N[C@H](C)C(=O)O)cc1. The minimum absolute atomic E-state index is 0.532. The van der Waals surface area contributed by atoms with Gasteiger partial charge in [-0.3, -0.25) is 4.79 Å². The second-order valence-electron chi connectivity index (χ2n) is 4.38. The zero-order valence-corrected chi connectivity index (χ0v) is 12.0. The van der Waals surface area contributed by atoms with E-state index in [1.807, 2.05) is 12.1 Å². The summed E-state index contributed by atoms with van der Waals surface area (Å²) < 4.78 is 0. The molecule has 0 saturated carbocycles. The maximum atomic E-state index is 11.6. The highest BCUT2D eigenvalue weighted by Gasteiger charge is 2.13. The Morgan fingerprint density at radius 3 is 2.20 bits per heavy atom. The first-order chi connectivity index (χ1) is 9.47. The molecule has 110 valence electrons. The van der Waals surface area contributed by atoms with Crippen LogP contribution < -0.4 is 15.5 Å². The molecule has 20 heavy (non-hydrogen) atoms. The summed E-state index contributed by atoms with van der Waals surface area (Å²) in [5.74, 6) is -1.07. The molecule has 0 radical (unpaired) electrons. The second kappa shape index (κ2) is 7.37. The number of nitrogens with zero attached hydrogens (tertiary/aromatic N) is 1. The van der Waals surface area contributed by atoms with Crippen LogP contribution >= 0.6 is 0 Å². The third kappa shape index (κ3) is 4.46. The summed E-state index contributed by atoms with van der Waals surface area (Å²) in [4.78, 5) is 24.4. The zero-order chi connectivity index (χ0) is 15.1. The predicted octanol–water partition coefficient (Wildman–Crippen LogP) is 2.13. The van der Waals surface area contributed by atoms with Crippen molar-refractivity contribution in [1.29, 1.82) is 0 Å². The van der Waals surface area contributed by atoms with Gasteiger partial charge in [0, 0.05) is 24.5 Å². The number of anilines is 2. The van der Waals surface area contributed by atoms with E-state index >= 15 is 0 Å². The number of benzene rings is 1. The number of rotatable bonds is 6. The van der Waals surface area contributed by atoms with Gasteiger partial charge in [-0.25, -0.2) is 4.79 Å². The number of hydrogen-bond acceptors (Lipinski definition) is 3. The van der Waals surface area contributed by atoms with Crippen molar-refractivity contribution in [2.45, 2.75) is 26.8 Å². The number of aliphatic carboxylic acids is 1. The van der Waals surface area contributed by atoms with Gasteiger partial charge in [-0.2, -0.15) is 0 Å². The van der Waals surface area contributed by atoms with Crippen molar-refractivity contribution < 1.29 is 14.7 Å². The Balaban J connectivity index is 2.61. The first kappa shape index (κ1) is 15.8. The summed E-state index contributed by atoms with van der Waals surface area (Å²) in [5.41, 5.74) is 1.70. The van der Waals surface area contributed by atoms with Crippen molar-refractivity contribution in [2.75, 3.05) is 23.3 Å². The van der Waals surface area contributed by atoms with E-state index < -0.39 is 18.0 Å². The van der Waals surface area contributed by atoms with Crippen LogP contribution in [0.4, 0.5) is 16.2 Å². The number of amides is 2. The van der Waals surface area contributed by atoms with Gasteiger partial charge in [-0.1, -0.05) is 0 Å². The lowest BCUT2D eigenvalue weighted by molar-refractivity contribution is -0.138. The van der Waals surface area contributed by atoms with E-state index in [1.165, 1.54) is 6.92 Å². The average molecular weight is 279 g/mol. The summed E-state index contributed by atoms with van der Waals surface area (Å²) in [5, 5.41) is 13.6. The molecule has 2 amide bonds. The Morgan fingerprint density at radius 2 is 1.75 bits per heavy atom. The molecule has 0 fully saturated rings. The zero-order valence-electron chi connectivity index (χ0n) is 12.0. The molecular formula is C14H21N3O3. The van der Waals surface area contributed by atoms with Crippen molar-refractivity contribution in [3.05, 3.63) is 24.3 Å². The van der Waals surface area contributed by atoms with E-state index in [2.05, 4.69) is 29.4 Å². The molecule has 6 nitrogen and oxygen atoms in total. The van der Waals surface area contributed by atoms with Crippen molar-refractivity contribution >= 4 is 23.4 Å². The molecule has 0 spiro atoms. The molecule has 1 rings (SSSR count). The summed E-state index contributed by atoms with van der Waals surface area (Å²) in [6, 6.07) is 5.96. The van der Waals surface area contributed by atoms with Crippen molar-refractivity contribution in [1.82, 2.24) is 5.32 Å². The molecule has 0 saturated heterocycles. The van der Waals surface area contributed by atoms with Crippen molar-refractivity contribution in [3.8, 4) is 0 Å². The van der Waals surface area contributed by atoms with Crippen LogP contribution in [0.2, 0.25) is 0 Å². The standard InChI is InChI=1S/C14H21N3O3/c1-4-17(5-2)12-8-6-11(7-9-12)16-14(20)15-10(3)13(18)19/h6-10H,4-5H2,1-3H3,(H,18,19)(H2,15,16,20)/t10-/m1/s1. The first-order valence-corrected chi connectivity index (χ1v) is 6.63. The molecule has 1 aromatic rings. The van der Waals surface area contributed by atoms with Crippen LogP contribution in [-0.2, 0) is 4.79 Å². The molecule has 3 N–H and O–H groups in total. The lowest BCUT2D eigenvalue weighted by Crippen LogP contribution is -2.40. The van der Waals surface area contributed by atoms with E-state index in [9.17, 15) is 9.59 Å². The fourth-order valence-electron chi connectivity index (χ4n) is 1.77. The fourth-order valence-corrected chi connectivity index (χ4v) is 1.77. The minimum atomic E-state index is -1.07. The largest absolute Gasteiger partial charge is 0.480 e. The third-order valence-electron chi connectivity index (χ3n) is 2.97. The van der Waals surface area contributed by atoms with E-state index in [1.54, 1.807) is 12.1 Å². The highest BCUT2D eigenvalue weighted by atomic mass is 16.4. The summed E-state index contributed by atoms with van der Waals surface area (Å²) in [6.45, 7) is 7.40.